The number of aromatic nitrogens is 1. The van der Waals surface area contributed by atoms with Gasteiger partial charge in [0, 0.05) is 36.1 Å². The van der Waals surface area contributed by atoms with Crippen LogP contribution in [-0.2, 0) is 13.0 Å². The van der Waals surface area contributed by atoms with Crippen LogP contribution in [0.4, 0.5) is 0 Å². The zero-order chi connectivity index (χ0) is 11.3. The van der Waals surface area contributed by atoms with Crippen LogP contribution in [0.1, 0.15) is 22.4 Å². The van der Waals surface area contributed by atoms with E-state index in [4.69, 9.17) is 0 Å². The van der Waals surface area contributed by atoms with Crippen molar-refractivity contribution in [1.29, 1.82) is 0 Å². The van der Waals surface area contributed by atoms with Crippen molar-refractivity contribution in [3.05, 3.63) is 34.5 Å². The monoisotopic (exact) mass is 214 g/mol. The molecule has 0 amide bonds. The fourth-order valence-corrected chi connectivity index (χ4v) is 2.66. The van der Waals surface area contributed by atoms with E-state index in [-0.39, 0.29) is 0 Å². The van der Waals surface area contributed by atoms with Gasteiger partial charge in [-0.25, -0.2) is 0 Å². The molecule has 0 fully saturated rings. The molecule has 0 bridgehead atoms. The number of H-pyrrole nitrogens is 1. The molecule has 0 radical (unpaired) electrons. The van der Waals surface area contributed by atoms with E-state index in [2.05, 4.69) is 42.9 Å². The van der Waals surface area contributed by atoms with Crippen LogP contribution in [0.2, 0.25) is 0 Å². The van der Waals surface area contributed by atoms with Crippen molar-refractivity contribution < 1.29 is 0 Å². The molecule has 2 nitrogen and oxygen atoms in total. The zero-order valence-electron chi connectivity index (χ0n) is 10.2. The summed E-state index contributed by atoms with van der Waals surface area (Å²) in [5, 5.41) is 1.42. The number of aryl methyl sites for hydroxylation is 2. The molecule has 84 valence electrons. The number of aromatic amines is 1. The summed E-state index contributed by atoms with van der Waals surface area (Å²) in [6.07, 6.45) is 1.15. The number of benzene rings is 1. The molecule has 1 aliphatic heterocycles. The SMILES string of the molecule is Cc1ccc2c3c([nH]c2c1C)CCN(C)C3. The molecule has 0 aliphatic carbocycles. The van der Waals surface area contributed by atoms with E-state index >= 15 is 0 Å². The molecule has 1 aliphatic rings. The lowest BCUT2D eigenvalue weighted by Crippen LogP contribution is -2.25. The summed E-state index contributed by atoms with van der Waals surface area (Å²) in [5.74, 6) is 0. The predicted octanol–water partition coefficient (Wildman–Crippen LogP) is 2.77. The van der Waals surface area contributed by atoms with Crippen LogP contribution in [0.15, 0.2) is 12.1 Å². The highest BCUT2D eigenvalue weighted by Gasteiger charge is 2.19. The minimum Gasteiger partial charge on any atom is -0.358 e. The fraction of sp³-hybridized carbons (Fsp3) is 0.429. The van der Waals surface area contributed by atoms with E-state index in [1.54, 1.807) is 0 Å². The number of hydrogen-bond acceptors (Lipinski definition) is 1. The lowest BCUT2D eigenvalue weighted by molar-refractivity contribution is 0.313. The first-order valence-electron chi connectivity index (χ1n) is 5.95. The average Bonchev–Trinajstić information content (AvgIpc) is 2.62. The van der Waals surface area contributed by atoms with Gasteiger partial charge in [-0.15, -0.1) is 0 Å². The van der Waals surface area contributed by atoms with Gasteiger partial charge in [0.15, 0.2) is 0 Å². The Morgan fingerprint density at radius 2 is 2.06 bits per heavy atom. The Labute approximate surface area is 96.3 Å². The molecule has 2 heterocycles. The second kappa shape index (κ2) is 3.36. The normalized spacial score (nSPS) is 16.7. The van der Waals surface area contributed by atoms with E-state index in [0.29, 0.717) is 0 Å². The van der Waals surface area contributed by atoms with Gasteiger partial charge in [0.2, 0.25) is 0 Å². The third kappa shape index (κ3) is 1.30. The summed E-state index contributed by atoms with van der Waals surface area (Å²) >= 11 is 0. The molecule has 0 unspecified atom stereocenters. The van der Waals surface area contributed by atoms with E-state index in [1.165, 1.54) is 33.3 Å². The predicted molar refractivity (Wildman–Crippen MR) is 67.8 cm³/mol. The summed E-state index contributed by atoms with van der Waals surface area (Å²) < 4.78 is 0. The molecule has 0 atom stereocenters. The van der Waals surface area contributed by atoms with Crippen LogP contribution in [0, 0.1) is 13.8 Å². The van der Waals surface area contributed by atoms with Gasteiger partial charge in [-0.1, -0.05) is 12.1 Å². The van der Waals surface area contributed by atoms with Gasteiger partial charge in [-0.3, -0.25) is 0 Å². The van der Waals surface area contributed by atoms with Crippen molar-refractivity contribution in [3.63, 3.8) is 0 Å². The number of hydrogen-bond donors (Lipinski definition) is 1. The highest BCUT2D eigenvalue weighted by Crippen LogP contribution is 2.30. The number of rotatable bonds is 0. The Balaban J connectivity index is 2.29. The largest absolute Gasteiger partial charge is 0.358 e. The Morgan fingerprint density at radius 3 is 2.88 bits per heavy atom. The summed E-state index contributed by atoms with van der Waals surface area (Å²) in [5.41, 5.74) is 7.07. The Morgan fingerprint density at radius 1 is 1.25 bits per heavy atom. The van der Waals surface area contributed by atoms with Crippen LogP contribution in [0.25, 0.3) is 10.9 Å². The number of fused-ring (bicyclic) bond motifs is 3. The van der Waals surface area contributed by atoms with Crippen LogP contribution in [0.3, 0.4) is 0 Å². The van der Waals surface area contributed by atoms with Gasteiger partial charge in [-0.05, 0) is 37.6 Å². The summed E-state index contributed by atoms with van der Waals surface area (Å²) in [6.45, 7) is 6.64. The minimum absolute atomic E-state index is 1.08. The molecule has 0 saturated carbocycles. The van der Waals surface area contributed by atoms with Crippen molar-refractivity contribution in [2.24, 2.45) is 0 Å². The molecular formula is C14H18N2. The van der Waals surface area contributed by atoms with Crippen LogP contribution >= 0.6 is 0 Å². The molecule has 16 heavy (non-hydrogen) atoms. The first kappa shape index (κ1) is 9.91. The van der Waals surface area contributed by atoms with Crippen molar-refractivity contribution in [3.8, 4) is 0 Å². The molecule has 0 saturated heterocycles. The van der Waals surface area contributed by atoms with Gasteiger partial charge in [0.25, 0.3) is 0 Å². The highest BCUT2D eigenvalue weighted by molar-refractivity contribution is 5.88. The lowest BCUT2D eigenvalue weighted by Gasteiger charge is -2.22. The first-order valence-corrected chi connectivity index (χ1v) is 5.95. The maximum absolute atomic E-state index is 3.62. The quantitative estimate of drug-likeness (QED) is 0.714. The molecular weight excluding hydrogens is 196 g/mol. The van der Waals surface area contributed by atoms with Crippen molar-refractivity contribution >= 4 is 10.9 Å². The van der Waals surface area contributed by atoms with E-state index < -0.39 is 0 Å². The van der Waals surface area contributed by atoms with Crippen LogP contribution in [0.5, 0.6) is 0 Å². The highest BCUT2D eigenvalue weighted by atomic mass is 15.1. The molecule has 0 spiro atoms. The molecule has 3 rings (SSSR count). The number of nitrogens with one attached hydrogen (secondary N) is 1. The second-order valence-corrected chi connectivity index (χ2v) is 5.00. The van der Waals surface area contributed by atoms with Gasteiger partial charge in [-0.2, -0.15) is 0 Å². The van der Waals surface area contributed by atoms with E-state index in [0.717, 1.165) is 19.5 Å². The number of likely N-dealkylation sites (N-methyl/N-ethyl adjacent to an activating group) is 1. The standard InChI is InChI=1S/C14H18N2/c1-9-4-5-11-12-8-16(3)7-6-13(12)15-14(11)10(9)2/h4-5,15H,6-8H2,1-3H3. The Bertz CT molecular complexity index is 551. The van der Waals surface area contributed by atoms with Crippen molar-refractivity contribution in [1.82, 2.24) is 9.88 Å². The van der Waals surface area contributed by atoms with Crippen molar-refractivity contribution in [2.75, 3.05) is 13.6 Å². The smallest absolute Gasteiger partial charge is 0.0491 e. The lowest BCUT2D eigenvalue weighted by atomic mass is 10.0. The molecule has 1 N–H and O–H groups in total. The van der Waals surface area contributed by atoms with Crippen LogP contribution < -0.4 is 0 Å². The van der Waals surface area contributed by atoms with Crippen molar-refractivity contribution in [2.45, 2.75) is 26.8 Å². The summed E-state index contributed by atoms with van der Waals surface area (Å²) in [4.78, 5) is 6.01. The summed E-state index contributed by atoms with van der Waals surface area (Å²) in [6, 6.07) is 4.51. The third-order valence-corrected chi connectivity index (χ3v) is 3.87. The third-order valence-electron chi connectivity index (χ3n) is 3.87. The average molecular weight is 214 g/mol. The Hall–Kier alpha value is -1.28. The maximum Gasteiger partial charge on any atom is 0.0491 e. The van der Waals surface area contributed by atoms with Crippen LogP contribution in [-0.4, -0.2) is 23.5 Å². The molecule has 1 aromatic heterocycles. The van der Waals surface area contributed by atoms with Gasteiger partial charge in [0.05, 0.1) is 0 Å². The topological polar surface area (TPSA) is 19.0 Å². The van der Waals surface area contributed by atoms with Gasteiger partial charge >= 0.3 is 0 Å². The molecule has 2 aromatic rings. The van der Waals surface area contributed by atoms with Gasteiger partial charge in [0.1, 0.15) is 0 Å². The fourth-order valence-electron chi connectivity index (χ4n) is 2.66. The van der Waals surface area contributed by atoms with E-state index in [9.17, 15) is 0 Å². The Kier molecular flexibility index (Phi) is 2.08. The van der Waals surface area contributed by atoms with Gasteiger partial charge < -0.3 is 9.88 Å². The molecule has 2 heteroatoms. The molecule has 1 aromatic carbocycles. The van der Waals surface area contributed by atoms with E-state index in [1.807, 2.05) is 0 Å². The maximum atomic E-state index is 3.62. The first-order chi connectivity index (χ1) is 7.66. The summed E-state index contributed by atoms with van der Waals surface area (Å²) in [7, 11) is 2.20. The second-order valence-electron chi connectivity index (χ2n) is 5.00. The minimum atomic E-state index is 1.08. The number of nitrogens with zero attached hydrogens (tertiary/aromatic N) is 1. The zero-order valence-corrected chi connectivity index (χ0v) is 10.2.